The van der Waals surface area contributed by atoms with Gasteiger partial charge in [-0.2, -0.15) is 5.26 Å². The number of hydrogen-bond acceptors (Lipinski definition) is 2. The molecule has 0 aromatic carbocycles. The van der Waals surface area contributed by atoms with E-state index in [2.05, 4.69) is 4.98 Å². The Morgan fingerprint density at radius 3 is 2.71 bits per heavy atom. The molecule has 74 valence electrons. The van der Waals surface area contributed by atoms with Crippen LogP contribution in [0, 0.1) is 20.8 Å². The molecule has 1 aromatic rings. The molecule has 0 unspecified atom stereocenters. The van der Waals surface area contributed by atoms with Crippen LogP contribution < -0.4 is 0 Å². The van der Waals surface area contributed by atoms with Crippen LogP contribution >= 0.6 is 22.6 Å². The number of nitrogens with zero attached hydrogens (tertiary/aromatic N) is 2. The van der Waals surface area contributed by atoms with Crippen molar-refractivity contribution in [3.63, 3.8) is 0 Å². The van der Waals surface area contributed by atoms with E-state index in [1.165, 1.54) is 0 Å². The highest BCUT2D eigenvalue weighted by Gasteiger charge is 2.20. The third-order valence-corrected chi connectivity index (χ3v) is 2.46. The van der Waals surface area contributed by atoms with Gasteiger partial charge in [0.25, 0.3) is 6.43 Å². The lowest BCUT2D eigenvalue weighted by Crippen LogP contribution is -2.03. The van der Waals surface area contributed by atoms with Gasteiger partial charge in [-0.3, -0.25) is 0 Å². The van der Waals surface area contributed by atoms with Crippen molar-refractivity contribution in [2.75, 3.05) is 0 Å². The lowest BCUT2D eigenvalue weighted by molar-refractivity contribution is 0.148. The van der Waals surface area contributed by atoms with Crippen LogP contribution in [0.5, 0.6) is 0 Å². The van der Waals surface area contributed by atoms with Crippen LogP contribution in [0.2, 0.25) is 0 Å². The van der Waals surface area contributed by atoms with E-state index >= 15 is 0 Å². The summed E-state index contributed by atoms with van der Waals surface area (Å²) in [6, 6.07) is 1.64. The smallest absolute Gasteiger partial charge is 0.247 e. The number of hydrogen-bond donors (Lipinski definition) is 0. The summed E-state index contributed by atoms with van der Waals surface area (Å²) in [7, 11) is 0. The van der Waals surface area contributed by atoms with Crippen LogP contribution in [0.1, 0.15) is 17.6 Å². The second kappa shape index (κ2) is 4.59. The van der Waals surface area contributed by atoms with Gasteiger partial charge in [0.2, 0.25) is 0 Å². The molecule has 1 aromatic heterocycles. The van der Waals surface area contributed by atoms with E-state index in [1.54, 1.807) is 28.7 Å². The van der Waals surface area contributed by atoms with Crippen molar-refractivity contribution in [1.82, 2.24) is 4.98 Å². The highest BCUT2D eigenvalue weighted by atomic mass is 127. The average molecular weight is 312 g/mol. The minimum absolute atomic E-state index is 0.0317. The molecule has 0 amide bonds. The summed E-state index contributed by atoms with van der Waals surface area (Å²) >= 11 is 1.59. The topological polar surface area (TPSA) is 36.7 Å². The van der Waals surface area contributed by atoms with Gasteiger partial charge in [0.05, 0.1) is 24.3 Å². The van der Waals surface area contributed by atoms with E-state index < -0.39 is 17.8 Å². The Hall–Kier alpha value is -0.840. The summed E-state index contributed by atoms with van der Waals surface area (Å²) in [4.78, 5) is 3.47. The van der Waals surface area contributed by atoms with Crippen molar-refractivity contribution in [3.05, 3.63) is 26.8 Å². The van der Waals surface area contributed by atoms with Crippen LogP contribution in [0.25, 0.3) is 0 Å². The largest absolute Gasteiger partial charge is 0.266 e. The number of nitriles is 1. The highest BCUT2D eigenvalue weighted by Crippen LogP contribution is 2.28. The zero-order chi connectivity index (χ0) is 10.7. The predicted octanol–water partition coefficient (Wildman–Crippen LogP) is 2.83. The molecule has 0 aliphatic carbocycles. The summed E-state index contributed by atoms with van der Waals surface area (Å²) < 4.78 is 38.0. The van der Waals surface area contributed by atoms with E-state index in [0.29, 0.717) is 0 Å². The summed E-state index contributed by atoms with van der Waals surface area (Å²) in [5.74, 6) is -0.859. The molecule has 1 rings (SSSR count). The second-order valence-corrected chi connectivity index (χ2v) is 3.45. The number of aromatic nitrogens is 1. The number of pyridine rings is 1. The highest BCUT2D eigenvalue weighted by molar-refractivity contribution is 14.1. The molecule has 0 aliphatic rings. The maximum Gasteiger partial charge on any atom is 0.266 e. The minimum atomic E-state index is -2.81. The first-order valence-corrected chi connectivity index (χ1v) is 4.63. The van der Waals surface area contributed by atoms with E-state index in [0.717, 1.165) is 6.20 Å². The first kappa shape index (κ1) is 11.2. The Morgan fingerprint density at radius 2 is 2.21 bits per heavy atom. The molecule has 0 aliphatic heterocycles. The Bertz CT molecular complexity index is 387. The SMILES string of the molecule is N#CCc1c(F)cnc(I)c1C(F)F. The van der Waals surface area contributed by atoms with Gasteiger partial charge in [0.1, 0.15) is 9.52 Å². The van der Waals surface area contributed by atoms with Gasteiger partial charge in [0.15, 0.2) is 0 Å². The van der Waals surface area contributed by atoms with Crippen molar-refractivity contribution in [3.8, 4) is 6.07 Å². The molecule has 0 saturated heterocycles. The Balaban J connectivity index is 3.35. The van der Waals surface area contributed by atoms with Gasteiger partial charge < -0.3 is 0 Å². The Kier molecular flexibility index (Phi) is 3.69. The lowest BCUT2D eigenvalue weighted by Gasteiger charge is -2.08. The average Bonchev–Trinajstić information content (AvgIpc) is 2.11. The first-order valence-electron chi connectivity index (χ1n) is 3.55. The molecular weight excluding hydrogens is 308 g/mol. The van der Waals surface area contributed by atoms with Gasteiger partial charge in [0, 0.05) is 5.56 Å². The molecular formula is C8H4F3IN2. The number of rotatable bonds is 2. The molecule has 0 spiro atoms. The van der Waals surface area contributed by atoms with Gasteiger partial charge in [-0.1, -0.05) is 0 Å². The lowest BCUT2D eigenvalue weighted by atomic mass is 10.1. The van der Waals surface area contributed by atoms with Gasteiger partial charge in [-0.25, -0.2) is 18.2 Å². The molecule has 0 saturated carbocycles. The van der Waals surface area contributed by atoms with Gasteiger partial charge >= 0.3 is 0 Å². The summed E-state index contributed by atoms with van der Waals surface area (Å²) in [5.41, 5.74) is -0.742. The molecule has 0 bridgehead atoms. The summed E-state index contributed by atoms with van der Waals surface area (Å²) in [6.45, 7) is 0. The Morgan fingerprint density at radius 1 is 1.57 bits per heavy atom. The summed E-state index contributed by atoms with van der Waals surface area (Å²) in [5, 5.41) is 8.36. The fourth-order valence-corrected chi connectivity index (χ4v) is 1.69. The zero-order valence-electron chi connectivity index (χ0n) is 6.77. The first-order chi connectivity index (χ1) is 6.57. The Labute approximate surface area is 91.9 Å². The van der Waals surface area contributed by atoms with Crippen molar-refractivity contribution >= 4 is 22.6 Å². The van der Waals surface area contributed by atoms with Crippen molar-refractivity contribution in [1.29, 1.82) is 5.26 Å². The standard InChI is InChI=1S/C8H4F3IN2/c9-5-3-14-8(12)6(7(10)11)4(5)1-2-13/h3,7H,1H2. The van der Waals surface area contributed by atoms with E-state index in [1.807, 2.05) is 0 Å². The molecule has 14 heavy (non-hydrogen) atoms. The van der Waals surface area contributed by atoms with Crippen LogP contribution in [-0.2, 0) is 6.42 Å². The van der Waals surface area contributed by atoms with Gasteiger partial charge in [-0.05, 0) is 22.6 Å². The maximum atomic E-state index is 13.0. The summed E-state index contributed by atoms with van der Waals surface area (Å²) in [6.07, 6.45) is -2.34. The second-order valence-electron chi connectivity index (χ2n) is 2.42. The third-order valence-electron chi connectivity index (χ3n) is 1.60. The molecule has 0 fully saturated rings. The zero-order valence-corrected chi connectivity index (χ0v) is 8.93. The molecule has 0 N–H and O–H groups in total. The fourth-order valence-electron chi connectivity index (χ4n) is 0.994. The molecule has 6 heteroatoms. The molecule has 0 atom stereocenters. The normalized spacial score (nSPS) is 10.3. The quantitative estimate of drug-likeness (QED) is 0.622. The number of alkyl halides is 2. The predicted molar refractivity (Wildman–Crippen MR) is 51.2 cm³/mol. The van der Waals surface area contributed by atoms with Crippen LogP contribution in [-0.4, -0.2) is 4.98 Å². The molecule has 1 heterocycles. The fraction of sp³-hybridized carbons (Fsp3) is 0.250. The van der Waals surface area contributed by atoms with Crippen LogP contribution in [0.15, 0.2) is 6.20 Å². The van der Waals surface area contributed by atoms with E-state index in [9.17, 15) is 13.2 Å². The van der Waals surface area contributed by atoms with Crippen LogP contribution in [0.3, 0.4) is 0 Å². The van der Waals surface area contributed by atoms with Crippen molar-refractivity contribution in [2.45, 2.75) is 12.8 Å². The van der Waals surface area contributed by atoms with Crippen LogP contribution in [0.4, 0.5) is 13.2 Å². The van der Waals surface area contributed by atoms with E-state index in [4.69, 9.17) is 5.26 Å². The van der Waals surface area contributed by atoms with E-state index in [-0.39, 0.29) is 15.7 Å². The monoisotopic (exact) mass is 312 g/mol. The van der Waals surface area contributed by atoms with Gasteiger partial charge in [-0.15, -0.1) is 0 Å². The maximum absolute atomic E-state index is 13.0. The molecule has 2 nitrogen and oxygen atoms in total. The van der Waals surface area contributed by atoms with Crippen molar-refractivity contribution in [2.24, 2.45) is 0 Å². The van der Waals surface area contributed by atoms with Crippen molar-refractivity contribution < 1.29 is 13.2 Å². The third kappa shape index (κ3) is 2.15. The molecule has 0 radical (unpaired) electrons. The minimum Gasteiger partial charge on any atom is -0.247 e. The number of halogens is 4.